The Labute approximate surface area is 138 Å². The molecule has 6 nitrogen and oxygen atoms in total. The van der Waals surface area contributed by atoms with Crippen LogP contribution in [0.2, 0.25) is 0 Å². The van der Waals surface area contributed by atoms with Crippen molar-refractivity contribution in [3.8, 4) is 0 Å². The molecule has 0 saturated carbocycles. The summed E-state index contributed by atoms with van der Waals surface area (Å²) in [6.07, 6.45) is 4.94. The average Bonchev–Trinajstić information content (AvgIpc) is 2.60. The lowest BCUT2D eigenvalue weighted by Gasteiger charge is -2.45. The molecule has 2 atom stereocenters. The van der Waals surface area contributed by atoms with Gasteiger partial charge in [-0.1, -0.05) is 0 Å². The second kappa shape index (κ2) is 8.04. The van der Waals surface area contributed by atoms with Gasteiger partial charge >= 0.3 is 0 Å². The largest absolute Gasteiger partial charge is 0.396 e. The van der Waals surface area contributed by atoms with E-state index < -0.39 is 0 Å². The lowest BCUT2D eigenvalue weighted by molar-refractivity contribution is -0.00416. The standard InChI is InChI=1S/C17H28N4O2/c1-14-18-6-4-17(19-14)21-7-5-16(15(13-21)3-2-10-22)20-8-11-23-12-9-20/h4,6,15-16,22H,2-3,5,7-13H2,1H3/t15-,16+/m1/s1. The molecule has 0 radical (unpaired) electrons. The average molecular weight is 320 g/mol. The van der Waals surface area contributed by atoms with Crippen molar-refractivity contribution in [1.82, 2.24) is 14.9 Å². The fourth-order valence-corrected chi connectivity index (χ4v) is 3.87. The smallest absolute Gasteiger partial charge is 0.132 e. The summed E-state index contributed by atoms with van der Waals surface area (Å²) in [6.45, 7) is 8.02. The zero-order chi connectivity index (χ0) is 16.1. The Balaban J connectivity index is 1.69. The number of anilines is 1. The van der Waals surface area contributed by atoms with E-state index in [1.54, 1.807) is 0 Å². The number of aliphatic hydroxyl groups is 1. The molecule has 0 amide bonds. The van der Waals surface area contributed by atoms with Crippen LogP contribution in [0.3, 0.4) is 0 Å². The van der Waals surface area contributed by atoms with Crippen molar-refractivity contribution in [1.29, 1.82) is 0 Å². The number of piperidine rings is 1. The van der Waals surface area contributed by atoms with E-state index in [2.05, 4.69) is 19.8 Å². The van der Waals surface area contributed by atoms with Crippen LogP contribution in [0.25, 0.3) is 0 Å². The highest BCUT2D eigenvalue weighted by Gasteiger charge is 2.34. The van der Waals surface area contributed by atoms with E-state index in [1.807, 2.05) is 19.2 Å². The SMILES string of the molecule is Cc1nccc(N2CC[C@H](N3CCOCC3)[C@H](CCCO)C2)n1. The molecule has 2 fully saturated rings. The number of aryl methyl sites for hydroxylation is 1. The number of hydrogen-bond donors (Lipinski definition) is 1. The first-order valence-corrected chi connectivity index (χ1v) is 8.75. The predicted molar refractivity (Wildman–Crippen MR) is 89.6 cm³/mol. The van der Waals surface area contributed by atoms with Gasteiger partial charge in [0.05, 0.1) is 13.2 Å². The molecule has 3 rings (SSSR count). The Morgan fingerprint density at radius 2 is 2.13 bits per heavy atom. The third kappa shape index (κ3) is 4.19. The molecule has 2 aliphatic rings. The molecule has 0 aromatic carbocycles. The molecular weight excluding hydrogens is 292 g/mol. The van der Waals surface area contributed by atoms with Gasteiger partial charge in [-0.05, 0) is 38.2 Å². The van der Waals surface area contributed by atoms with E-state index in [4.69, 9.17) is 4.74 Å². The minimum atomic E-state index is 0.277. The van der Waals surface area contributed by atoms with Crippen molar-refractivity contribution < 1.29 is 9.84 Å². The number of morpholine rings is 1. The Morgan fingerprint density at radius 3 is 2.87 bits per heavy atom. The molecule has 2 aliphatic heterocycles. The normalized spacial score (nSPS) is 26.4. The first-order chi connectivity index (χ1) is 11.3. The molecule has 128 valence electrons. The molecule has 3 heterocycles. The van der Waals surface area contributed by atoms with Crippen LogP contribution < -0.4 is 4.90 Å². The zero-order valence-corrected chi connectivity index (χ0v) is 14.0. The van der Waals surface area contributed by atoms with E-state index in [0.29, 0.717) is 12.0 Å². The summed E-state index contributed by atoms with van der Waals surface area (Å²) in [5, 5.41) is 9.25. The summed E-state index contributed by atoms with van der Waals surface area (Å²) >= 11 is 0. The Morgan fingerprint density at radius 1 is 1.30 bits per heavy atom. The third-order valence-electron chi connectivity index (χ3n) is 5.03. The molecule has 0 bridgehead atoms. The number of hydrogen-bond acceptors (Lipinski definition) is 6. The van der Waals surface area contributed by atoms with E-state index in [0.717, 1.165) is 70.3 Å². The van der Waals surface area contributed by atoms with Crippen LogP contribution >= 0.6 is 0 Å². The second-order valence-electron chi connectivity index (χ2n) is 6.54. The van der Waals surface area contributed by atoms with Crippen LogP contribution in [0.5, 0.6) is 0 Å². The lowest BCUT2D eigenvalue weighted by Crippen LogP contribution is -2.54. The summed E-state index contributed by atoms with van der Waals surface area (Å²) < 4.78 is 5.50. The predicted octanol–water partition coefficient (Wildman–Crippen LogP) is 1.08. The topological polar surface area (TPSA) is 61.7 Å². The first kappa shape index (κ1) is 16.6. The first-order valence-electron chi connectivity index (χ1n) is 8.75. The Kier molecular flexibility index (Phi) is 5.80. The summed E-state index contributed by atoms with van der Waals surface area (Å²) in [5.74, 6) is 2.43. The van der Waals surface area contributed by atoms with Crippen molar-refractivity contribution in [2.45, 2.75) is 32.2 Å². The fourth-order valence-electron chi connectivity index (χ4n) is 3.87. The maximum absolute atomic E-state index is 9.25. The number of aliphatic hydroxyl groups excluding tert-OH is 1. The van der Waals surface area contributed by atoms with Crippen LogP contribution in [0.4, 0.5) is 5.82 Å². The minimum absolute atomic E-state index is 0.277. The zero-order valence-electron chi connectivity index (χ0n) is 14.0. The highest BCUT2D eigenvalue weighted by Crippen LogP contribution is 2.29. The van der Waals surface area contributed by atoms with Crippen LogP contribution in [0.15, 0.2) is 12.3 Å². The van der Waals surface area contributed by atoms with Crippen LogP contribution in [-0.4, -0.2) is 72.0 Å². The van der Waals surface area contributed by atoms with Crippen molar-refractivity contribution in [2.24, 2.45) is 5.92 Å². The maximum Gasteiger partial charge on any atom is 0.132 e. The van der Waals surface area contributed by atoms with E-state index in [9.17, 15) is 5.11 Å². The van der Waals surface area contributed by atoms with Gasteiger partial charge in [-0.25, -0.2) is 9.97 Å². The van der Waals surface area contributed by atoms with Crippen molar-refractivity contribution >= 4 is 5.82 Å². The van der Waals surface area contributed by atoms with E-state index in [1.165, 1.54) is 0 Å². The maximum atomic E-state index is 9.25. The molecule has 23 heavy (non-hydrogen) atoms. The molecule has 1 N–H and O–H groups in total. The van der Waals surface area contributed by atoms with Gasteiger partial charge in [0.1, 0.15) is 11.6 Å². The second-order valence-corrected chi connectivity index (χ2v) is 6.54. The van der Waals surface area contributed by atoms with Gasteiger partial charge in [0.25, 0.3) is 0 Å². The molecule has 2 saturated heterocycles. The van der Waals surface area contributed by atoms with Crippen LogP contribution in [0.1, 0.15) is 25.1 Å². The molecule has 0 aliphatic carbocycles. The summed E-state index contributed by atoms with van der Waals surface area (Å²) in [4.78, 5) is 13.8. The van der Waals surface area contributed by atoms with Crippen molar-refractivity contribution in [2.75, 3.05) is 50.9 Å². The van der Waals surface area contributed by atoms with Gasteiger partial charge in [-0.3, -0.25) is 4.90 Å². The number of nitrogens with zero attached hydrogens (tertiary/aromatic N) is 4. The summed E-state index contributed by atoms with van der Waals surface area (Å²) in [7, 11) is 0. The van der Waals surface area contributed by atoms with Gasteiger partial charge < -0.3 is 14.7 Å². The van der Waals surface area contributed by atoms with Crippen molar-refractivity contribution in [3.63, 3.8) is 0 Å². The number of ether oxygens (including phenoxy) is 1. The molecule has 0 unspecified atom stereocenters. The van der Waals surface area contributed by atoms with Crippen LogP contribution in [0, 0.1) is 12.8 Å². The molecule has 0 spiro atoms. The van der Waals surface area contributed by atoms with E-state index >= 15 is 0 Å². The Hall–Kier alpha value is -1.24. The Bertz CT molecular complexity index is 493. The third-order valence-corrected chi connectivity index (χ3v) is 5.03. The molecule has 1 aromatic heterocycles. The van der Waals surface area contributed by atoms with Crippen LogP contribution in [-0.2, 0) is 4.74 Å². The van der Waals surface area contributed by atoms with E-state index in [-0.39, 0.29) is 6.61 Å². The highest BCUT2D eigenvalue weighted by molar-refractivity contribution is 5.38. The molecule has 6 heteroatoms. The lowest BCUT2D eigenvalue weighted by atomic mass is 9.87. The number of rotatable bonds is 5. The van der Waals surface area contributed by atoms with Gasteiger partial charge in [-0.2, -0.15) is 0 Å². The summed E-state index contributed by atoms with van der Waals surface area (Å²) in [6, 6.07) is 2.61. The van der Waals surface area contributed by atoms with Gasteiger partial charge in [0.15, 0.2) is 0 Å². The van der Waals surface area contributed by atoms with Gasteiger partial charge in [0.2, 0.25) is 0 Å². The van der Waals surface area contributed by atoms with Crippen molar-refractivity contribution in [3.05, 3.63) is 18.1 Å². The van der Waals surface area contributed by atoms with Gasteiger partial charge in [-0.15, -0.1) is 0 Å². The quantitative estimate of drug-likeness (QED) is 0.876. The molecule has 1 aromatic rings. The number of aromatic nitrogens is 2. The monoisotopic (exact) mass is 320 g/mol. The highest BCUT2D eigenvalue weighted by atomic mass is 16.5. The van der Waals surface area contributed by atoms with Gasteiger partial charge in [0, 0.05) is 45.0 Å². The summed E-state index contributed by atoms with van der Waals surface area (Å²) in [5.41, 5.74) is 0. The fraction of sp³-hybridized carbons (Fsp3) is 0.765. The minimum Gasteiger partial charge on any atom is -0.396 e. The molecular formula is C17H28N4O2.